The third-order valence-corrected chi connectivity index (χ3v) is 2.96. The summed E-state index contributed by atoms with van der Waals surface area (Å²) in [4.78, 5) is 0. The van der Waals surface area contributed by atoms with Gasteiger partial charge in [0.15, 0.2) is 0 Å². The molecule has 0 aliphatic rings. The highest BCUT2D eigenvalue weighted by atomic mass is 16.5. The van der Waals surface area contributed by atoms with Crippen molar-refractivity contribution >= 4 is 0 Å². The molecule has 1 N–H and O–H groups in total. The fourth-order valence-corrected chi connectivity index (χ4v) is 1.81. The third kappa shape index (κ3) is 3.11. The molecule has 1 unspecified atom stereocenters. The molecular formula is C14H19N3O. The number of para-hydroxylation sites is 1. The molecule has 18 heavy (non-hydrogen) atoms. The fourth-order valence-electron chi connectivity index (χ4n) is 1.81. The standard InChI is InChI=1S/C14H19N3O/c1-12(15-2)13-6-3-4-7-14(13)18-11-10-17-9-5-8-16-17/h3-9,12,15H,10-11H2,1-2H3. The lowest BCUT2D eigenvalue weighted by Gasteiger charge is -2.16. The highest BCUT2D eigenvalue weighted by molar-refractivity contribution is 5.35. The van der Waals surface area contributed by atoms with E-state index in [0.717, 1.165) is 12.3 Å². The van der Waals surface area contributed by atoms with Crippen LogP contribution >= 0.6 is 0 Å². The fraction of sp³-hybridized carbons (Fsp3) is 0.357. The van der Waals surface area contributed by atoms with E-state index in [0.29, 0.717) is 6.61 Å². The van der Waals surface area contributed by atoms with Crippen molar-refractivity contribution in [1.29, 1.82) is 0 Å². The molecule has 1 aromatic carbocycles. The van der Waals surface area contributed by atoms with Crippen molar-refractivity contribution in [3.8, 4) is 5.75 Å². The minimum Gasteiger partial charge on any atom is -0.491 e. The number of benzene rings is 1. The lowest BCUT2D eigenvalue weighted by molar-refractivity contribution is 0.286. The van der Waals surface area contributed by atoms with Gasteiger partial charge >= 0.3 is 0 Å². The van der Waals surface area contributed by atoms with Gasteiger partial charge in [-0.15, -0.1) is 0 Å². The molecule has 4 nitrogen and oxygen atoms in total. The summed E-state index contributed by atoms with van der Waals surface area (Å²) < 4.78 is 7.70. The van der Waals surface area contributed by atoms with Gasteiger partial charge < -0.3 is 10.1 Å². The normalized spacial score (nSPS) is 12.3. The Morgan fingerprint density at radius 1 is 1.33 bits per heavy atom. The summed E-state index contributed by atoms with van der Waals surface area (Å²) in [6.07, 6.45) is 3.71. The number of aromatic nitrogens is 2. The van der Waals surface area contributed by atoms with E-state index >= 15 is 0 Å². The number of rotatable bonds is 6. The van der Waals surface area contributed by atoms with Gasteiger partial charge in [0.25, 0.3) is 0 Å². The van der Waals surface area contributed by atoms with Crippen molar-refractivity contribution in [1.82, 2.24) is 15.1 Å². The van der Waals surface area contributed by atoms with Crippen LogP contribution in [0.2, 0.25) is 0 Å². The molecule has 4 heteroatoms. The van der Waals surface area contributed by atoms with Crippen LogP contribution in [0.1, 0.15) is 18.5 Å². The molecule has 1 atom stereocenters. The average molecular weight is 245 g/mol. The number of nitrogens with zero attached hydrogens (tertiary/aromatic N) is 2. The van der Waals surface area contributed by atoms with Gasteiger partial charge in [-0.25, -0.2) is 0 Å². The quantitative estimate of drug-likeness (QED) is 0.848. The molecule has 0 bridgehead atoms. The first kappa shape index (κ1) is 12.6. The molecule has 2 aromatic rings. The van der Waals surface area contributed by atoms with Crippen LogP contribution < -0.4 is 10.1 Å². The summed E-state index contributed by atoms with van der Waals surface area (Å²) in [6, 6.07) is 10.3. The van der Waals surface area contributed by atoms with E-state index in [2.05, 4.69) is 23.4 Å². The van der Waals surface area contributed by atoms with E-state index in [1.54, 1.807) is 6.20 Å². The second-order valence-electron chi connectivity index (χ2n) is 4.17. The summed E-state index contributed by atoms with van der Waals surface area (Å²) in [7, 11) is 1.95. The van der Waals surface area contributed by atoms with Gasteiger partial charge in [-0.05, 0) is 26.1 Å². The molecule has 0 fully saturated rings. The van der Waals surface area contributed by atoms with Gasteiger partial charge in [0.05, 0.1) is 6.54 Å². The Labute approximate surface area is 108 Å². The van der Waals surface area contributed by atoms with Crippen molar-refractivity contribution in [3.05, 3.63) is 48.3 Å². The summed E-state index contributed by atoms with van der Waals surface area (Å²) in [5.74, 6) is 0.937. The number of hydrogen-bond donors (Lipinski definition) is 1. The van der Waals surface area contributed by atoms with Crippen molar-refractivity contribution in [2.75, 3.05) is 13.7 Å². The molecule has 0 amide bonds. The van der Waals surface area contributed by atoms with Crippen LogP contribution in [0.15, 0.2) is 42.7 Å². The first-order chi connectivity index (χ1) is 8.81. The van der Waals surface area contributed by atoms with E-state index in [9.17, 15) is 0 Å². The Hall–Kier alpha value is -1.81. The van der Waals surface area contributed by atoms with Crippen molar-refractivity contribution in [2.45, 2.75) is 19.5 Å². The predicted octanol–water partition coefficient (Wildman–Crippen LogP) is 2.24. The molecule has 1 heterocycles. The topological polar surface area (TPSA) is 39.1 Å². The van der Waals surface area contributed by atoms with Crippen LogP contribution in [0.3, 0.4) is 0 Å². The zero-order chi connectivity index (χ0) is 12.8. The third-order valence-electron chi connectivity index (χ3n) is 2.96. The molecule has 1 aromatic heterocycles. The number of hydrogen-bond acceptors (Lipinski definition) is 3. The Morgan fingerprint density at radius 3 is 2.89 bits per heavy atom. The van der Waals surface area contributed by atoms with Crippen LogP contribution in [0.5, 0.6) is 5.75 Å². The minimum absolute atomic E-state index is 0.283. The Balaban J connectivity index is 1.96. The van der Waals surface area contributed by atoms with Gasteiger partial charge in [0, 0.05) is 24.0 Å². The molecule has 0 aliphatic heterocycles. The molecule has 0 spiro atoms. The number of nitrogens with one attached hydrogen (secondary N) is 1. The highest BCUT2D eigenvalue weighted by Crippen LogP contribution is 2.24. The summed E-state index contributed by atoms with van der Waals surface area (Å²) in [6.45, 7) is 3.50. The molecular weight excluding hydrogens is 226 g/mol. The van der Waals surface area contributed by atoms with Crippen LogP contribution in [-0.4, -0.2) is 23.4 Å². The maximum atomic E-state index is 5.83. The van der Waals surface area contributed by atoms with E-state index in [4.69, 9.17) is 4.74 Å². The zero-order valence-corrected chi connectivity index (χ0v) is 10.8. The smallest absolute Gasteiger partial charge is 0.124 e. The van der Waals surface area contributed by atoms with Crippen LogP contribution in [0, 0.1) is 0 Å². The van der Waals surface area contributed by atoms with Gasteiger partial charge in [0.2, 0.25) is 0 Å². The van der Waals surface area contributed by atoms with Crippen LogP contribution in [0.4, 0.5) is 0 Å². The van der Waals surface area contributed by atoms with Gasteiger partial charge in [-0.1, -0.05) is 18.2 Å². The van der Waals surface area contributed by atoms with Gasteiger partial charge in [-0.2, -0.15) is 5.10 Å². The summed E-state index contributed by atoms with van der Waals surface area (Å²) in [5, 5.41) is 7.37. The van der Waals surface area contributed by atoms with Crippen molar-refractivity contribution in [2.24, 2.45) is 0 Å². The van der Waals surface area contributed by atoms with Gasteiger partial charge in [-0.3, -0.25) is 4.68 Å². The van der Waals surface area contributed by atoms with Gasteiger partial charge in [0.1, 0.15) is 12.4 Å². The van der Waals surface area contributed by atoms with E-state index < -0.39 is 0 Å². The Morgan fingerprint density at radius 2 is 2.17 bits per heavy atom. The molecule has 96 valence electrons. The van der Waals surface area contributed by atoms with Crippen LogP contribution in [-0.2, 0) is 6.54 Å². The largest absolute Gasteiger partial charge is 0.491 e. The van der Waals surface area contributed by atoms with E-state index in [1.807, 2.05) is 42.2 Å². The predicted molar refractivity (Wildman–Crippen MR) is 71.6 cm³/mol. The van der Waals surface area contributed by atoms with Crippen molar-refractivity contribution < 1.29 is 4.74 Å². The average Bonchev–Trinajstić information content (AvgIpc) is 2.92. The lowest BCUT2D eigenvalue weighted by Crippen LogP contribution is -2.15. The molecule has 0 saturated heterocycles. The van der Waals surface area contributed by atoms with E-state index in [-0.39, 0.29) is 6.04 Å². The number of ether oxygens (including phenoxy) is 1. The lowest BCUT2D eigenvalue weighted by atomic mass is 10.1. The first-order valence-electron chi connectivity index (χ1n) is 6.17. The Bertz CT molecular complexity index is 468. The second kappa shape index (κ2) is 6.21. The Kier molecular flexibility index (Phi) is 4.36. The first-order valence-corrected chi connectivity index (χ1v) is 6.17. The van der Waals surface area contributed by atoms with Crippen LogP contribution in [0.25, 0.3) is 0 Å². The highest BCUT2D eigenvalue weighted by Gasteiger charge is 2.08. The zero-order valence-electron chi connectivity index (χ0n) is 10.8. The maximum Gasteiger partial charge on any atom is 0.124 e. The molecule has 0 radical (unpaired) electrons. The minimum atomic E-state index is 0.283. The summed E-state index contributed by atoms with van der Waals surface area (Å²) in [5.41, 5.74) is 1.18. The molecule has 0 saturated carbocycles. The maximum absolute atomic E-state index is 5.83. The molecule has 0 aliphatic carbocycles. The monoisotopic (exact) mass is 245 g/mol. The second-order valence-corrected chi connectivity index (χ2v) is 4.17. The summed E-state index contributed by atoms with van der Waals surface area (Å²) >= 11 is 0. The van der Waals surface area contributed by atoms with E-state index in [1.165, 1.54) is 5.56 Å². The van der Waals surface area contributed by atoms with Crippen molar-refractivity contribution in [3.63, 3.8) is 0 Å². The molecule has 2 rings (SSSR count). The SMILES string of the molecule is CNC(C)c1ccccc1OCCn1cccn1.